The Morgan fingerprint density at radius 1 is 1.00 bits per heavy atom. The molecule has 4 rings (SSSR count). The molecule has 0 saturated carbocycles. The van der Waals surface area contributed by atoms with Gasteiger partial charge < -0.3 is 14.7 Å². The first-order valence-corrected chi connectivity index (χ1v) is 11.0. The lowest BCUT2D eigenvalue weighted by atomic mass is 9.92. The fourth-order valence-electron chi connectivity index (χ4n) is 4.34. The number of hydrogen-bond acceptors (Lipinski definition) is 4. The molecule has 1 amide bonds. The minimum atomic E-state index is -0.661. The number of aliphatic hydroxyl groups excluding tert-OH is 1. The largest absolute Gasteiger partial charge is 0.503 e. The van der Waals surface area contributed by atoms with Crippen LogP contribution in [0.1, 0.15) is 34.7 Å². The number of benzene rings is 3. The molecule has 3 aromatic carbocycles. The maximum atomic E-state index is 13.3. The zero-order chi connectivity index (χ0) is 23.4. The summed E-state index contributed by atoms with van der Waals surface area (Å²) in [5.74, 6) is -0.583. The quantitative estimate of drug-likeness (QED) is 0.528. The number of ketones is 1. The molecular weight excluding hydrogens is 414 g/mol. The summed E-state index contributed by atoms with van der Waals surface area (Å²) in [6.45, 7) is 2.17. The van der Waals surface area contributed by atoms with Gasteiger partial charge in [-0.1, -0.05) is 78.4 Å². The molecule has 1 aliphatic rings. The van der Waals surface area contributed by atoms with Crippen molar-refractivity contribution in [1.82, 2.24) is 4.90 Å². The van der Waals surface area contributed by atoms with Crippen LogP contribution in [0.25, 0.3) is 0 Å². The third-order valence-electron chi connectivity index (χ3n) is 5.98. The molecule has 3 aromatic rings. The molecule has 168 valence electrons. The van der Waals surface area contributed by atoms with Crippen molar-refractivity contribution in [2.75, 3.05) is 7.11 Å². The van der Waals surface area contributed by atoms with Gasteiger partial charge in [-0.25, -0.2) is 0 Å². The van der Waals surface area contributed by atoms with Gasteiger partial charge in [0.05, 0.1) is 25.3 Å². The lowest BCUT2D eigenvalue weighted by molar-refractivity contribution is -0.130. The Morgan fingerprint density at radius 2 is 1.73 bits per heavy atom. The Balaban J connectivity index is 1.69. The maximum Gasteiger partial charge on any atom is 0.290 e. The van der Waals surface area contributed by atoms with E-state index in [1.807, 2.05) is 85.8 Å². The Bertz CT molecular complexity index is 1200. The first kappa shape index (κ1) is 22.3. The molecule has 0 spiro atoms. The van der Waals surface area contributed by atoms with Crippen molar-refractivity contribution in [3.05, 3.63) is 112 Å². The van der Waals surface area contributed by atoms with Crippen LogP contribution in [0, 0.1) is 6.92 Å². The van der Waals surface area contributed by atoms with Gasteiger partial charge in [0.1, 0.15) is 5.75 Å². The minimum Gasteiger partial charge on any atom is -0.503 e. The summed E-state index contributed by atoms with van der Waals surface area (Å²) in [5.41, 5.74) is 3.81. The van der Waals surface area contributed by atoms with Crippen LogP contribution in [0.2, 0.25) is 0 Å². The number of Topliss-reactive ketones (excluding diaryl/α,β-unsaturated/α-hetero) is 1. The van der Waals surface area contributed by atoms with Gasteiger partial charge >= 0.3 is 0 Å². The average Bonchev–Trinajstić information content (AvgIpc) is 3.08. The van der Waals surface area contributed by atoms with Gasteiger partial charge in [-0.15, -0.1) is 0 Å². The summed E-state index contributed by atoms with van der Waals surface area (Å²) in [6, 6.07) is 24.2. The zero-order valence-electron chi connectivity index (χ0n) is 18.8. The average molecular weight is 442 g/mol. The van der Waals surface area contributed by atoms with Crippen LogP contribution in [-0.2, 0) is 22.6 Å². The van der Waals surface area contributed by atoms with E-state index in [0.717, 1.165) is 22.3 Å². The molecule has 5 nitrogen and oxygen atoms in total. The van der Waals surface area contributed by atoms with E-state index in [9.17, 15) is 14.7 Å². The SMILES string of the molecule is COc1ccccc1CN1C(=O)C(O)=C(C(=O)CCc2ccccc2)C1c1cccc(C)c1. The van der Waals surface area contributed by atoms with Crippen LogP contribution in [0.4, 0.5) is 0 Å². The lowest BCUT2D eigenvalue weighted by Crippen LogP contribution is -2.31. The summed E-state index contributed by atoms with van der Waals surface area (Å²) in [7, 11) is 1.58. The summed E-state index contributed by atoms with van der Waals surface area (Å²) >= 11 is 0. The molecule has 0 aliphatic carbocycles. The molecule has 1 unspecified atom stereocenters. The summed E-state index contributed by atoms with van der Waals surface area (Å²) in [5, 5.41) is 10.8. The topological polar surface area (TPSA) is 66.8 Å². The fourth-order valence-corrected chi connectivity index (χ4v) is 4.34. The third kappa shape index (κ3) is 4.67. The first-order chi connectivity index (χ1) is 16.0. The second kappa shape index (κ2) is 9.74. The van der Waals surface area contributed by atoms with E-state index in [0.29, 0.717) is 12.2 Å². The Morgan fingerprint density at radius 3 is 2.45 bits per heavy atom. The normalized spacial score (nSPS) is 15.8. The van der Waals surface area contributed by atoms with Crippen molar-refractivity contribution in [3.8, 4) is 5.75 Å². The second-order valence-electron chi connectivity index (χ2n) is 8.23. The number of nitrogens with zero attached hydrogens (tertiary/aromatic N) is 1. The molecule has 0 saturated heterocycles. The Kier molecular flexibility index (Phi) is 6.59. The molecule has 1 heterocycles. The van der Waals surface area contributed by atoms with Crippen molar-refractivity contribution in [3.63, 3.8) is 0 Å². The number of amides is 1. The van der Waals surface area contributed by atoms with Gasteiger partial charge in [-0.2, -0.15) is 0 Å². The molecule has 5 heteroatoms. The fraction of sp³-hybridized carbons (Fsp3) is 0.214. The highest BCUT2D eigenvalue weighted by Gasteiger charge is 2.43. The molecule has 0 fully saturated rings. The van der Waals surface area contributed by atoms with E-state index in [1.54, 1.807) is 12.0 Å². The Hall–Kier alpha value is -3.86. The summed E-state index contributed by atoms with van der Waals surface area (Å²) in [4.78, 5) is 28.1. The van der Waals surface area contributed by atoms with E-state index in [2.05, 4.69) is 0 Å². The number of aliphatic hydroxyl groups is 1. The monoisotopic (exact) mass is 441 g/mol. The van der Waals surface area contributed by atoms with Gasteiger partial charge in [0.2, 0.25) is 0 Å². The molecule has 0 aromatic heterocycles. The molecule has 0 radical (unpaired) electrons. The highest BCUT2D eigenvalue weighted by atomic mass is 16.5. The molecule has 1 aliphatic heterocycles. The predicted molar refractivity (Wildman–Crippen MR) is 127 cm³/mol. The van der Waals surface area contributed by atoms with E-state index in [-0.39, 0.29) is 24.3 Å². The Labute approximate surface area is 193 Å². The third-order valence-corrected chi connectivity index (χ3v) is 5.98. The van der Waals surface area contributed by atoms with Crippen LogP contribution in [0.5, 0.6) is 5.75 Å². The first-order valence-electron chi connectivity index (χ1n) is 11.0. The van der Waals surface area contributed by atoms with E-state index >= 15 is 0 Å². The van der Waals surface area contributed by atoms with Gasteiger partial charge in [0.15, 0.2) is 11.5 Å². The molecule has 33 heavy (non-hydrogen) atoms. The van der Waals surface area contributed by atoms with Gasteiger partial charge in [0.25, 0.3) is 5.91 Å². The van der Waals surface area contributed by atoms with Gasteiger partial charge in [-0.3, -0.25) is 9.59 Å². The van der Waals surface area contributed by atoms with E-state index < -0.39 is 17.7 Å². The van der Waals surface area contributed by atoms with Crippen LogP contribution >= 0.6 is 0 Å². The van der Waals surface area contributed by atoms with Crippen molar-refractivity contribution in [2.24, 2.45) is 0 Å². The maximum absolute atomic E-state index is 13.3. The summed E-state index contributed by atoms with van der Waals surface area (Å²) in [6.07, 6.45) is 0.749. The predicted octanol–water partition coefficient (Wildman–Crippen LogP) is 5.10. The highest BCUT2D eigenvalue weighted by molar-refractivity contribution is 6.09. The zero-order valence-corrected chi connectivity index (χ0v) is 18.8. The van der Waals surface area contributed by atoms with Crippen LogP contribution in [0.3, 0.4) is 0 Å². The molecule has 1 N–H and O–H groups in total. The minimum absolute atomic E-state index is 0.163. The number of para-hydroxylation sites is 1. The van der Waals surface area contributed by atoms with Gasteiger partial charge in [0, 0.05) is 12.0 Å². The smallest absolute Gasteiger partial charge is 0.290 e. The van der Waals surface area contributed by atoms with Crippen LogP contribution < -0.4 is 4.74 Å². The molecule has 1 atom stereocenters. The van der Waals surface area contributed by atoms with E-state index in [4.69, 9.17) is 4.74 Å². The highest BCUT2D eigenvalue weighted by Crippen LogP contribution is 2.40. The number of aryl methyl sites for hydroxylation is 2. The number of ether oxygens (including phenoxy) is 1. The van der Waals surface area contributed by atoms with E-state index in [1.165, 1.54) is 0 Å². The van der Waals surface area contributed by atoms with Crippen molar-refractivity contribution in [1.29, 1.82) is 0 Å². The van der Waals surface area contributed by atoms with Gasteiger partial charge in [-0.05, 0) is 30.5 Å². The molecule has 0 bridgehead atoms. The lowest BCUT2D eigenvalue weighted by Gasteiger charge is -2.27. The van der Waals surface area contributed by atoms with Crippen molar-refractivity contribution >= 4 is 11.7 Å². The summed E-state index contributed by atoms with van der Waals surface area (Å²) < 4.78 is 5.46. The number of hydrogen-bond donors (Lipinski definition) is 1. The number of carbonyl (C=O) groups excluding carboxylic acids is 2. The van der Waals surface area contributed by atoms with Crippen LogP contribution in [-0.4, -0.2) is 28.8 Å². The van der Waals surface area contributed by atoms with Crippen LogP contribution in [0.15, 0.2) is 90.2 Å². The standard InChI is InChI=1S/C28H27NO4/c1-19-9-8-13-21(17-19)26-25(23(30)16-15-20-10-4-3-5-11-20)27(31)28(32)29(26)18-22-12-6-7-14-24(22)33-2/h3-14,17,26,31H,15-16,18H2,1-2H3. The number of methoxy groups -OCH3 is 1. The number of rotatable bonds is 8. The molecular formula is C28H27NO4. The van der Waals surface area contributed by atoms with Crippen molar-refractivity contribution in [2.45, 2.75) is 32.4 Å². The second-order valence-corrected chi connectivity index (χ2v) is 8.23. The van der Waals surface area contributed by atoms with Crippen molar-refractivity contribution < 1.29 is 19.4 Å². The number of carbonyl (C=O) groups is 2.